The van der Waals surface area contributed by atoms with Crippen molar-refractivity contribution in [1.82, 2.24) is 29.7 Å². The molecule has 10 nitrogen and oxygen atoms in total. The first-order valence-corrected chi connectivity index (χ1v) is 17.6. The van der Waals surface area contributed by atoms with Crippen molar-refractivity contribution in [3.63, 3.8) is 0 Å². The van der Waals surface area contributed by atoms with Crippen LogP contribution in [0.2, 0.25) is 0 Å². The number of alkyl halides is 2. The largest absolute Gasteiger partial charge is 0.346 e. The van der Waals surface area contributed by atoms with Crippen LogP contribution >= 0.6 is 0 Å². The number of nitrogens with one attached hydrogen (secondary N) is 2. The van der Waals surface area contributed by atoms with Crippen molar-refractivity contribution in [3.8, 4) is 11.3 Å². The van der Waals surface area contributed by atoms with Crippen molar-refractivity contribution in [1.29, 1.82) is 0 Å². The van der Waals surface area contributed by atoms with Gasteiger partial charge in [0.2, 0.25) is 5.91 Å². The van der Waals surface area contributed by atoms with Crippen LogP contribution in [0.1, 0.15) is 88.8 Å². The molecule has 2 fully saturated rings. The highest BCUT2D eigenvalue weighted by Crippen LogP contribution is 2.50. The number of halogens is 5. The van der Waals surface area contributed by atoms with Crippen LogP contribution in [0.15, 0.2) is 30.7 Å². The molecular formula is C37H41F5N8O2. The zero-order valence-electron chi connectivity index (χ0n) is 29.7. The Labute approximate surface area is 297 Å². The number of anilines is 3. The summed E-state index contributed by atoms with van der Waals surface area (Å²) in [6.45, 7) is 10.8. The van der Waals surface area contributed by atoms with Crippen LogP contribution in [0.4, 0.5) is 39.1 Å². The van der Waals surface area contributed by atoms with Gasteiger partial charge in [-0.1, -0.05) is 6.42 Å². The van der Waals surface area contributed by atoms with Gasteiger partial charge in [-0.15, -0.1) is 0 Å². The minimum absolute atomic E-state index is 0.00477. The highest BCUT2D eigenvalue weighted by atomic mass is 19.3. The normalized spacial score (nSPS) is 21.6. The number of carbonyl (C=O) groups is 2. The molecule has 52 heavy (non-hydrogen) atoms. The topological polar surface area (TPSA) is 108 Å². The second kappa shape index (κ2) is 13.1. The predicted molar refractivity (Wildman–Crippen MR) is 186 cm³/mol. The quantitative estimate of drug-likeness (QED) is 0.138. The SMILES string of the molecule is CC(C)n1cnc2cc(-c3cnc4c(c3)N([C@H]3C[C@@](C)(N5CCCCC5)C3)C(=O)C4(C)C)nc(Nc3cc(C(=O)NCC(F)F)c(F)c(F)c3F)c21. The van der Waals surface area contributed by atoms with Gasteiger partial charge in [0.05, 0.1) is 52.1 Å². The van der Waals surface area contributed by atoms with E-state index in [1.54, 1.807) is 23.2 Å². The highest BCUT2D eigenvalue weighted by Gasteiger charge is 2.54. The highest BCUT2D eigenvalue weighted by molar-refractivity contribution is 6.08. The Balaban J connectivity index is 1.28. The number of carbonyl (C=O) groups excluding carboxylic acids is 2. The first kappa shape index (κ1) is 35.7. The lowest BCUT2D eigenvalue weighted by atomic mass is 9.71. The van der Waals surface area contributed by atoms with Gasteiger partial charge in [0.15, 0.2) is 23.3 Å². The molecule has 2 amide bonds. The Morgan fingerprint density at radius 2 is 1.69 bits per heavy atom. The average Bonchev–Trinajstić information content (AvgIpc) is 3.62. The van der Waals surface area contributed by atoms with Crippen molar-refractivity contribution in [2.75, 3.05) is 29.9 Å². The van der Waals surface area contributed by atoms with Crippen LogP contribution in [-0.4, -0.2) is 73.9 Å². The maximum absolute atomic E-state index is 15.3. The van der Waals surface area contributed by atoms with Gasteiger partial charge < -0.3 is 20.1 Å². The molecule has 0 spiro atoms. The van der Waals surface area contributed by atoms with Gasteiger partial charge in [-0.2, -0.15) is 0 Å². The monoisotopic (exact) mass is 724 g/mol. The first-order valence-electron chi connectivity index (χ1n) is 17.6. The van der Waals surface area contributed by atoms with E-state index >= 15 is 4.39 Å². The number of hydrogen-bond donors (Lipinski definition) is 2. The molecule has 0 radical (unpaired) electrons. The number of pyridine rings is 2. The molecule has 2 N–H and O–H groups in total. The number of amides is 2. The predicted octanol–water partition coefficient (Wildman–Crippen LogP) is 7.26. The maximum Gasteiger partial charge on any atom is 0.255 e. The molecular weight excluding hydrogens is 683 g/mol. The molecule has 1 saturated heterocycles. The van der Waals surface area contributed by atoms with Crippen LogP contribution in [-0.2, 0) is 10.2 Å². The molecule has 3 aromatic heterocycles. The fourth-order valence-corrected chi connectivity index (χ4v) is 7.90. The second-order valence-electron chi connectivity index (χ2n) is 15.1. The molecule has 0 unspecified atom stereocenters. The van der Waals surface area contributed by atoms with Crippen molar-refractivity contribution in [2.45, 2.75) is 96.2 Å². The molecule has 3 aliphatic rings. The fourth-order valence-electron chi connectivity index (χ4n) is 7.90. The molecule has 7 rings (SSSR count). The molecule has 0 bridgehead atoms. The Kier molecular flexibility index (Phi) is 8.99. The third-order valence-corrected chi connectivity index (χ3v) is 10.8. The van der Waals surface area contributed by atoms with Crippen molar-refractivity contribution < 1.29 is 31.5 Å². The van der Waals surface area contributed by atoms with Crippen LogP contribution in [0.5, 0.6) is 0 Å². The van der Waals surface area contributed by atoms with Crippen LogP contribution < -0.4 is 15.5 Å². The van der Waals surface area contributed by atoms with E-state index in [4.69, 9.17) is 9.97 Å². The van der Waals surface area contributed by atoms with Gasteiger partial charge in [0, 0.05) is 29.4 Å². The van der Waals surface area contributed by atoms with Crippen LogP contribution in [0, 0.1) is 17.5 Å². The van der Waals surface area contributed by atoms with Gasteiger partial charge in [-0.05, 0) is 91.6 Å². The number of hydrogen-bond acceptors (Lipinski definition) is 7. The Morgan fingerprint density at radius 3 is 2.37 bits per heavy atom. The van der Waals surface area contributed by atoms with Gasteiger partial charge in [0.1, 0.15) is 5.52 Å². The smallest absolute Gasteiger partial charge is 0.255 e. The van der Waals surface area contributed by atoms with E-state index in [0.29, 0.717) is 39.7 Å². The molecule has 15 heteroatoms. The van der Waals surface area contributed by atoms with E-state index in [9.17, 15) is 27.2 Å². The number of aromatic nitrogens is 4. The molecule has 5 heterocycles. The van der Waals surface area contributed by atoms with Crippen molar-refractivity contribution >= 4 is 40.0 Å². The Bertz CT molecular complexity index is 2070. The summed E-state index contributed by atoms with van der Waals surface area (Å²) in [7, 11) is 0. The number of benzene rings is 1. The molecule has 0 atom stereocenters. The van der Waals surface area contributed by atoms with Crippen LogP contribution in [0.25, 0.3) is 22.3 Å². The van der Waals surface area contributed by atoms with E-state index in [2.05, 4.69) is 22.1 Å². The number of nitrogens with zero attached hydrogens (tertiary/aromatic N) is 6. The van der Waals surface area contributed by atoms with E-state index in [1.165, 1.54) is 19.3 Å². The lowest BCUT2D eigenvalue weighted by Crippen LogP contribution is -2.64. The summed E-state index contributed by atoms with van der Waals surface area (Å²) in [5.41, 5.74) is 0.625. The average molecular weight is 725 g/mol. The molecule has 1 aromatic carbocycles. The minimum Gasteiger partial charge on any atom is -0.346 e. The Morgan fingerprint density at radius 1 is 0.981 bits per heavy atom. The molecule has 276 valence electrons. The summed E-state index contributed by atoms with van der Waals surface area (Å²) >= 11 is 0. The summed E-state index contributed by atoms with van der Waals surface area (Å²) < 4.78 is 72.0. The summed E-state index contributed by atoms with van der Waals surface area (Å²) in [5, 5.41) is 4.54. The third-order valence-electron chi connectivity index (χ3n) is 10.8. The van der Waals surface area contributed by atoms with Gasteiger partial charge in [-0.25, -0.2) is 31.9 Å². The van der Waals surface area contributed by atoms with Gasteiger partial charge >= 0.3 is 0 Å². The molecule has 1 saturated carbocycles. The third kappa shape index (κ3) is 5.96. The van der Waals surface area contributed by atoms with E-state index in [0.717, 1.165) is 25.9 Å². The van der Waals surface area contributed by atoms with Gasteiger partial charge in [-0.3, -0.25) is 19.5 Å². The second-order valence-corrected chi connectivity index (χ2v) is 15.1. The zero-order valence-corrected chi connectivity index (χ0v) is 29.7. The number of likely N-dealkylation sites (tertiary alicyclic amines) is 1. The summed E-state index contributed by atoms with van der Waals surface area (Å²) in [6, 6.07) is 4.15. The summed E-state index contributed by atoms with van der Waals surface area (Å²) in [4.78, 5) is 45.0. The fraction of sp³-hybridized carbons (Fsp3) is 0.486. The minimum atomic E-state index is -2.94. The first-order chi connectivity index (χ1) is 24.6. The lowest BCUT2D eigenvalue weighted by molar-refractivity contribution is -0.123. The number of piperidine rings is 1. The molecule has 2 aliphatic heterocycles. The Hall–Kier alpha value is -4.66. The zero-order chi connectivity index (χ0) is 37.3. The van der Waals surface area contributed by atoms with E-state index in [1.807, 2.05) is 44.0 Å². The van der Waals surface area contributed by atoms with Crippen molar-refractivity contribution in [3.05, 3.63) is 59.4 Å². The number of rotatable bonds is 9. The molecule has 4 aromatic rings. The number of imidazole rings is 1. The van der Waals surface area contributed by atoms with Crippen LogP contribution in [0.3, 0.4) is 0 Å². The van der Waals surface area contributed by atoms with E-state index in [-0.39, 0.29) is 29.3 Å². The van der Waals surface area contributed by atoms with E-state index < -0.39 is 53.0 Å². The van der Waals surface area contributed by atoms with Gasteiger partial charge in [0.25, 0.3) is 12.3 Å². The maximum atomic E-state index is 15.3. The lowest BCUT2D eigenvalue weighted by Gasteiger charge is -2.55. The summed E-state index contributed by atoms with van der Waals surface area (Å²) in [5.74, 6) is -6.77. The summed E-state index contributed by atoms with van der Waals surface area (Å²) in [6.07, 6.45) is 5.50. The molecule has 1 aliphatic carbocycles. The standard InChI is InChI=1S/C37H41F5N8O2/c1-19(2)49-18-45-25-13-23(46-33(31(25)49)47-24-12-22(28(40)30(42)29(24)41)34(51)44-17-27(38)39)20-11-26-32(43-16-20)36(3,4)35(52)50(26)21-14-37(5,15-21)48-9-7-6-8-10-48/h11-13,16,18-19,21,27H,6-10,14-15,17H2,1-5H3,(H,44,51)(H,46,47)/t21-,37+. The van der Waals surface area contributed by atoms with Crippen molar-refractivity contribution in [2.24, 2.45) is 0 Å². The number of fused-ring (bicyclic) bond motifs is 2.